The largest absolute Gasteiger partial charge is 0.481 e. The number of aliphatic carboxylic acids is 1. The summed E-state index contributed by atoms with van der Waals surface area (Å²) in [7, 11) is 0. The number of nitrogen functional groups attached to an aromatic ring is 1. The Morgan fingerprint density at radius 3 is 2.29 bits per heavy atom. The predicted octanol–water partition coefficient (Wildman–Crippen LogP) is 1.86. The predicted molar refractivity (Wildman–Crippen MR) is 128 cm³/mol. The number of carboxylic acids is 1. The molecule has 1 aromatic carbocycles. The number of Topliss-reactive ketones (excluding diaryl/α,β-unsaturated/α-hetero) is 1. The summed E-state index contributed by atoms with van der Waals surface area (Å²) in [6, 6.07) is 6.69. The van der Waals surface area contributed by atoms with Crippen molar-refractivity contribution in [3.63, 3.8) is 0 Å². The number of hydrogen-bond acceptors (Lipinski definition) is 9. The van der Waals surface area contributed by atoms with Crippen molar-refractivity contribution in [3.05, 3.63) is 52.1 Å². The third kappa shape index (κ3) is 9.42. The van der Waals surface area contributed by atoms with Gasteiger partial charge in [-0.3, -0.25) is 19.4 Å². The highest BCUT2D eigenvalue weighted by molar-refractivity contribution is 5.93. The number of ketones is 1. The summed E-state index contributed by atoms with van der Waals surface area (Å²) in [5.74, 6) is -1.27. The molecule has 7 N–H and O–H groups in total. The molecule has 0 spiro atoms. The first-order valence-corrected chi connectivity index (χ1v) is 10.5. The zero-order valence-electron chi connectivity index (χ0n) is 19.3. The molecule has 0 radical (unpaired) electrons. The maximum atomic E-state index is 11.8. The van der Waals surface area contributed by atoms with Crippen LogP contribution in [0.15, 0.2) is 35.3 Å². The number of anilines is 2. The molecule has 2 aromatic heterocycles. The molecular formula is C22H29N7O5. The van der Waals surface area contributed by atoms with Gasteiger partial charge in [-0.15, -0.1) is 0 Å². The molecule has 0 aliphatic carbocycles. The van der Waals surface area contributed by atoms with E-state index in [0.29, 0.717) is 30.6 Å². The third-order valence-electron chi connectivity index (χ3n) is 4.05. The van der Waals surface area contributed by atoms with Gasteiger partial charge in [0.2, 0.25) is 11.9 Å². The number of nitrogens with two attached hydrogens (primary N) is 2. The average molecular weight is 472 g/mol. The lowest BCUT2D eigenvalue weighted by Gasteiger charge is -2.06. The van der Waals surface area contributed by atoms with Crippen LogP contribution in [0.4, 0.5) is 11.6 Å². The highest BCUT2D eigenvalue weighted by Gasteiger charge is 2.07. The van der Waals surface area contributed by atoms with E-state index in [4.69, 9.17) is 16.6 Å². The lowest BCUT2D eigenvalue weighted by atomic mass is 10.2. The molecule has 0 bridgehead atoms. The summed E-state index contributed by atoms with van der Waals surface area (Å²) in [6.07, 6.45) is 2.45. The first-order chi connectivity index (χ1) is 16.2. The van der Waals surface area contributed by atoms with Crippen molar-refractivity contribution in [3.8, 4) is 0 Å². The molecular weight excluding hydrogens is 442 g/mol. The van der Waals surface area contributed by atoms with Crippen molar-refractivity contribution in [2.45, 2.75) is 46.6 Å². The molecule has 2 heterocycles. The van der Waals surface area contributed by atoms with Gasteiger partial charge in [0.15, 0.2) is 11.2 Å². The maximum absolute atomic E-state index is 11.8. The Kier molecular flexibility index (Phi) is 11.3. The molecule has 0 aliphatic rings. The van der Waals surface area contributed by atoms with Crippen molar-refractivity contribution >= 4 is 40.5 Å². The van der Waals surface area contributed by atoms with Gasteiger partial charge in [0.05, 0.1) is 18.4 Å². The van der Waals surface area contributed by atoms with E-state index in [2.05, 4.69) is 25.3 Å². The number of amides is 1. The van der Waals surface area contributed by atoms with Gasteiger partial charge in [-0.25, -0.2) is 9.97 Å². The minimum absolute atomic E-state index is 0.00258. The van der Waals surface area contributed by atoms with E-state index < -0.39 is 17.4 Å². The summed E-state index contributed by atoms with van der Waals surface area (Å²) in [5.41, 5.74) is 12.3. The summed E-state index contributed by atoms with van der Waals surface area (Å²) in [4.78, 5) is 57.5. The van der Waals surface area contributed by atoms with Gasteiger partial charge in [-0.1, -0.05) is 13.8 Å². The molecule has 12 nitrogen and oxygen atoms in total. The first kappa shape index (κ1) is 27.7. The lowest BCUT2D eigenvalue weighted by molar-refractivity contribution is -0.137. The zero-order chi connectivity index (χ0) is 25.7. The van der Waals surface area contributed by atoms with Crippen LogP contribution in [0.2, 0.25) is 0 Å². The van der Waals surface area contributed by atoms with Crippen LogP contribution in [0.3, 0.4) is 0 Å². The summed E-state index contributed by atoms with van der Waals surface area (Å²) in [6.45, 7) is 5.81. The molecule has 0 saturated carbocycles. The topological polar surface area (TPSA) is 207 Å². The average Bonchev–Trinajstić information content (AvgIpc) is 2.79. The molecule has 3 rings (SSSR count). The number of primary amides is 1. The number of fused-ring (bicyclic) bond motifs is 1. The second-order valence-electron chi connectivity index (χ2n) is 6.73. The highest BCUT2D eigenvalue weighted by Crippen LogP contribution is 2.11. The van der Waals surface area contributed by atoms with E-state index in [-0.39, 0.29) is 29.3 Å². The van der Waals surface area contributed by atoms with Crippen LogP contribution in [-0.4, -0.2) is 42.7 Å². The van der Waals surface area contributed by atoms with E-state index in [1.165, 1.54) is 13.1 Å². The molecule has 0 unspecified atom stereocenters. The molecule has 0 fully saturated rings. The number of aromatic amines is 1. The summed E-state index contributed by atoms with van der Waals surface area (Å²) in [5, 5.41) is 11.2. The minimum atomic E-state index is -0.837. The Labute approximate surface area is 195 Å². The number of H-pyrrole nitrogens is 1. The van der Waals surface area contributed by atoms with Crippen molar-refractivity contribution in [1.29, 1.82) is 0 Å². The van der Waals surface area contributed by atoms with Crippen LogP contribution >= 0.6 is 0 Å². The van der Waals surface area contributed by atoms with E-state index in [1.807, 2.05) is 13.8 Å². The summed E-state index contributed by atoms with van der Waals surface area (Å²) >= 11 is 0. The van der Waals surface area contributed by atoms with E-state index in [0.717, 1.165) is 5.69 Å². The van der Waals surface area contributed by atoms with E-state index >= 15 is 0 Å². The quantitative estimate of drug-likeness (QED) is 0.322. The zero-order valence-corrected chi connectivity index (χ0v) is 19.3. The molecule has 12 heteroatoms. The number of carboxylic acid groups (broad SMARTS) is 1. The fraction of sp³-hybridized carbons (Fsp3) is 0.318. The Hall–Kier alpha value is -4.35. The summed E-state index contributed by atoms with van der Waals surface area (Å²) < 4.78 is 0. The number of nitrogens with one attached hydrogen (secondary N) is 2. The van der Waals surface area contributed by atoms with Crippen LogP contribution in [0.25, 0.3) is 11.2 Å². The van der Waals surface area contributed by atoms with Crippen LogP contribution in [0, 0.1) is 0 Å². The SMILES string of the molecule is CC.CC(=O)CCCC(=O)O.NC(=O)c1ccc(NCc2cnc3nc(N)[nH]c(=O)c3n2)cc1. The van der Waals surface area contributed by atoms with Gasteiger partial charge >= 0.3 is 5.97 Å². The standard InChI is InChI=1S/C14H13N7O2.C6H10O3.C2H6/c15-11(22)7-1-3-8(4-2-7)17-5-9-6-18-12-10(19-9)13(23)21-14(16)20-12;1-5(7)3-2-4-6(8)9;1-2/h1-4,6,17H,5H2,(H2,15,22)(H3,16,18,20,21,23);2-4H2,1H3,(H,8,9);1-2H3. The molecule has 0 atom stereocenters. The fourth-order valence-corrected chi connectivity index (χ4v) is 2.49. The highest BCUT2D eigenvalue weighted by atomic mass is 16.4. The molecule has 0 aliphatic heterocycles. The van der Waals surface area contributed by atoms with Gasteiger partial charge in [-0.05, 0) is 37.6 Å². The van der Waals surface area contributed by atoms with Crippen LogP contribution in [-0.2, 0) is 16.1 Å². The van der Waals surface area contributed by atoms with Gasteiger partial charge in [0, 0.05) is 24.1 Å². The smallest absolute Gasteiger partial charge is 0.303 e. The number of hydrogen-bond donors (Lipinski definition) is 5. The second kappa shape index (κ2) is 13.9. The molecule has 1 amide bonds. The van der Waals surface area contributed by atoms with Crippen LogP contribution in [0.5, 0.6) is 0 Å². The van der Waals surface area contributed by atoms with Crippen molar-refractivity contribution < 1.29 is 19.5 Å². The molecule has 3 aromatic rings. The second-order valence-corrected chi connectivity index (χ2v) is 6.73. The Morgan fingerprint density at radius 2 is 1.74 bits per heavy atom. The molecule has 34 heavy (non-hydrogen) atoms. The maximum Gasteiger partial charge on any atom is 0.303 e. The number of aromatic nitrogens is 4. The van der Waals surface area contributed by atoms with E-state index in [9.17, 15) is 19.2 Å². The van der Waals surface area contributed by atoms with Gasteiger partial charge < -0.3 is 26.7 Å². The normalized spacial score (nSPS) is 9.74. The number of rotatable bonds is 8. The minimum Gasteiger partial charge on any atom is -0.481 e. The van der Waals surface area contributed by atoms with Crippen LogP contribution in [0.1, 0.15) is 56.1 Å². The van der Waals surface area contributed by atoms with Crippen molar-refractivity contribution in [2.24, 2.45) is 5.73 Å². The van der Waals surface area contributed by atoms with Crippen molar-refractivity contribution in [2.75, 3.05) is 11.1 Å². The monoisotopic (exact) mass is 471 g/mol. The third-order valence-corrected chi connectivity index (χ3v) is 4.05. The van der Waals surface area contributed by atoms with Gasteiger partial charge in [0.25, 0.3) is 5.56 Å². The Bertz CT molecular complexity index is 1160. The Balaban J connectivity index is 0.000000446. The van der Waals surface area contributed by atoms with Gasteiger partial charge in [-0.2, -0.15) is 4.98 Å². The molecule has 182 valence electrons. The molecule has 0 saturated heterocycles. The first-order valence-electron chi connectivity index (χ1n) is 10.5. The lowest BCUT2D eigenvalue weighted by Crippen LogP contribution is -2.15. The van der Waals surface area contributed by atoms with E-state index in [1.54, 1.807) is 24.3 Å². The van der Waals surface area contributed by atoms with Gasteiger partial charge in [0.1, 0.15) is 5.78 Å². The number of nitrogens with zero attached hydrogens (tertiary/aromatic N) is 3. The fourth-order valence-electron chi connectivity index (χ4n) is 2.49. The number of carbonyl (C=O) groups is 3. The van der Waals surface area contributed by atoms with Crippen molar-refractivity contribution in [1.82, 2.24) is 19.9 Å². The Morgan fingerprint density at radius 1 is 1.09 bits per heavy atom. The number of carbonyl (C=O) groups excluding carboxylic acids is 2. The van der Waals surface area contributed by atoms with Crippen LogP contribution < -0.4 is 22.3 Å². The number of benzene rings is 1.